The summed E-state index contributed by atoms with van der Waals surface area (Å²) in [5, 5.41) is 1.69. The van der Waals surface area contributed by atoms with Crippen molar-refractivity contribution in [1.82, 2.24) is 4.90 Å². The van der Waals surface area contributed by atoms with Gasteiger partial charge < -0.3 is 0 Å². The smallest absolute Gasteiger partial charge is 0.245 e. The largest absolute Gasteiger partial charge is 0.500 e. The topological polar surface area (TPSA) is 40.4 Å². The van der Waals surface area contributed by atoms with Gasteiger partial charge in [-0.05, 0) is 24.8 Å². The predicted octanol–water partition coefficient (Wildman–Crippen LogP) is 1.46. The van der Waals surface area contributed by atoms with E-state index in [9.17, 15) is 9.59 Å². The van der Waals surface area contributed by atoms with Crippen LogP contribution in [0.15, 0.2) is 11.5 Å². The zero-order chi connectivity index (χ0) is 11.7. The van der Waals surface area contributed by atoms with Crippen LogP contribution in [0.5, 0.6) is 0 Å². The summed E-state index contributed by atoms with van der Waals surface area (Å²) in [6.07, 6.45) is 2.67. The van der Waals surface area contributed by atoms with Crippen molar-refractivity contribution in [2.75, 3.05) is 13.1 Å². The van der Waals surface area contributed by atoms with Gasteiger partial charge in [-0.2, -0.15) is 14.3 Å². The Balaban J connectivity index is 2.40. The molecule has 0 aliphatic carbocycles. The molecule has 0 fully saturated rings. The Morgan fingerprint density at radius 3 is 2.81 bits per heavy atom. The Labute approximate surface area is 99.0 Å². The number of amides is 3. The summed E-state index contributed by atoms with van der Waals surface area (Å²) in [5.74, 6) is -0.0680. The maximum Gasteiger partial charge on any atom is 0.500 e. The van der Waals surface area contributed by atoms with Gasteiger partial charge in [-0.1, -0.05) is 6.92 Å². The maximum atomic E-state index is 12.1. The second-order valence-electron chi connectivity index (χ2n) is 3.76. The zero-order valence-corrected chi connectivity index (χ0v) is 10.3. The van der Waals surface area contributed by atoms with Crippen molar-refractivity contribution in [2.24, 2.45) is 0 Å². The van der Waals surface area contributed by atoms with Crippen molar-refractivity contribution in [1.29, 1.82) is 0 Å². The third-order valence-electron chi connectivity index (χ3n) is 2.75. The third kappa shape index (κ3) is 1.59. The van der Waals surface area contributed by atoms with E-state index < -0.39 is 0 Å². The molecule has 16 heavy (non-hydrogen) atoms. The monoisotopic (exact) mass is 239 g/mol. The fourth-order valence-corrected chi connectivity index (χ4v) is 2.96. The summed E-state index contributed by atoms with van der Waals surface area (Å²) in [6.45, 7) is 5.02. The minimum atomic E-state index is -0.204. The van der Waals surface area contributed by atoms with Gasteiger partial charge in [0.05, 0.1) is 13.1 Å². The Kier molecular flexibility index (Phi) is 3.14. The van der Waals surface area contributed by atoms with Crippen LogP contribution >= 0.6 is 11.8 Å². The molecule has 0 aromatic heterocycles. The van der Waals surface area contributed by atoms with Crippen LogP contribution in [0.1, 0.15) is 20.3 Å². The van der Waals surface area contributed by atoms with E-state index >= 15 is 0 Å². The summed E-state index contributed by atoms with van der Waals surface area (Å²) in [7, 11) is 0. The van der Waals surface area contributed by atoms with Gasteiger partial charge in [0.2, 0.25) is 0 Å². The molecule has 2 aliphatic rings. The molecule has 0 saturated carbocycles. The van der Waals surface area contributed by atoms with Crippen molar-refractivity contribution >= 4 is 29.4 Å². The Morgan fingerprint density at radius 2 is 2.19 bits per heavy atom. The molecule has 0 aromatic carbocycles. The lowest BCUT2D eigenvalue weighted by Gasteiger charge is -2.23. The van der Waals surface area contributed by atoms with Crippen LogP contribution < -0.4 is 0 Å². The molecule has 3 amide bonds. The number of hydrogen-bond acceptors (Lipinski definition) is 3. The molecule has 2 rings (SSSR count). The van der Waals surface area contributed by atoms with E-state index in [1.54, 1.807) is 4.58 Å². The first kappa shape index (κ1) is 11.4. The van der Waals surface area contributed by atoms with E-state index in [-0.39, 0.29) is 17.2 Å². The fraction of sp³-hybridized carbons (Fsp3) is 0.545. The highest BCUT2D eigenvalue weighted by Crippen LogP contribution is 2.27. The van der Waals surface area contributed by atoms with Gasteiger partial charge in [-0.25, -0.2) is 4.79 Å². The number of rotatable bonds is 3. The molecule has 1 atom stereocenters. The molecule has 86 valence electrons. The van der Waals surface area contributed by atoms with Gasteiger partial charge in [0.1, 0.15) is 5.71 Å². The van der Waals surface area contributed by atoms with Gasteiger partial charge in [-0.15, -0.1) is 11.8 Å². The van der Waals surface area contributed by atoms with E-state index in [4.69, 9.17) is 0 Å². The summed E-state index contributed by atoms with van der Waals surface area (Å²) in [6, 6.07) is -0.173. The lowest BCUT2D eigenvalue weighted by Crippen LogP contribution is -2.55. The zero-order valence-electron chi connectivity index (χ0n) is 9.47. The van der Waals surface area contributed by atoms with Gasteiger partial charge in [-0.3, -0.25) is 0 Å². The van der Waals surface area contributed by atoms with Crippen LogP contribution in [-0.2, 0) is 4.79 Å². The number of nitrogens with zero attached hydrogens (tertiary/aromatic N) is 2. The number of imide groups is 1. The number of carbonyl (C=O) groups is 2. The van der Waals surface area contributed by atoms with E-state index in [1.807, 2.05) is 25.3 Å². The standard InChI is InChI=1S/C11H15N2O2S/c1-3-6-13-10(14)9-8(5-7-16-9)12(4-2)11(13)15/h5,7,9H,3-4,6H2,1-2H3/q+1. The van der Waals surface area contributed by atoms with Crippen LogP contribution in [0.2, 0.25) is 0 Å². The average molecular weight is 239 g/mol. The molecule has 0 saturated heterocycles. The van der Waals surface area contributed by atoms with Crippen LogP contribution in [0.25, 0.3) is 0 Å². The minimum Gasteiger partial charge on any atom is -0.245 e. The van der Waals surface area contributed by atoms with Gasteiger partial charge in [0, 0.05) is 0 Å². The number of allylic oxidation sites excluding steroid dienone is 1. The minimum absolute atomic E-state index is 0.0680. The van der Waals surface area contributed by atoms with Crippen LogP contribution in [0.3, 0.4) is 0 Å². The lowest BCUT2D eigenvalue weighted by atomic mass is 10.2. The first-order valence-corrected chi connectivity index (χ1v) is 6.46. The molecule has 0 spiro atoms. The molecule has 0 aromatic rings. The SMILES string of the molecule is CCCN1C(=O)C2SC=CC2=[N+](CC)C1=O. The van der Waals surface area contributed by atoms with Crippen molar-refractivity contribution in [3.8, 4) is 0 Å². The van der Waals surface area contributed by atoms with Crippen LogP contribution in [0.4, 0.5) is 4.79 Å². The summed E-state index contributed by atoms with van der Waals surface area (Å²) in [5.41, 5.74) is 0.842. The number of hydrogen-bond donors (Lipinski definition) is 0. The van der Waals surface area contributed by atoms with Crippen LogP contribution in [0, 0.1) is 0 Å². The Bertz CT molecular complexity index is 401. The van der Waals surface area contributed by atoms with E-state index in [0.717, 1.165) is 12.1 Å². The number of urea groups is 1. The first-order chi connectivity index (χ1) is 7.70. The molecule has 0 bridgehead atoms. The molecule has 1 unspecified atom stereocenters. The third-order valence-corrected chi connectivity index (χ3v) is 3.76. The normalized spacial score (nSPS) is 24.4. The molecular formula is C11H15N2O2S+. The number of carbonyl (C=O) groups excluding carboxylic acids is 2. The van der Waals surface area contributed by atoms with Crippen molar-refractivity contribution in [2.45, 2.75) is 25.5 Å². The highest BCUT2D eigenvalue weighted by Gasteiger charge is 2.47. The van der Waals surface area contributed by atoms with Crippen molar-refractivity contribution < 1.29 is 14.2 Å². The molecule has 0 radical (unpaired) electrons. The summed E-state index contributed by atoms with van der Waals surface area (Å²) < 4.78 is 1.69. The number of fused-ring (bicyclic) bond motifs is 1. The second-order valence-corrected chi connectivity index (χ2v) is 4.78. The second kappa shape index (κ2) is 4.41. The molecule has 2 heterocycles. The summed E-state index contributed by atoms with van der Waals surface area (Å²) >= 11 is 1.48. The predicted molar refractivity (Wildman–Crippen MR) is 63.7 cm³/mol. The first-order valence-electron chi connectivity index (χ1n) is 5.52. The van der Waals surface area contributed by atoms with Crippen molar-refractivity contribution in [3.63, 3.8) is 0 Å². The van der Waals surface area contributed by atoms with E-state index in [1.165, 1.54) is 16.7 Å². The molecule has 0 N–H and O–H groups in total. The highest BCUT2D eigenvalue weighted by atomic mass is 32.2. The Morgan fingerprint density at radius 1 is 1.44 bits per heavy atom. The molecular weight excluding hydrogens is 224 g/mol. The van der Waals surface area contributed by atoms with Crippen molar-refractivity contribution in [3.05, 3.63) is 11.5 Å². The van der Waals surface area contributed by atoms with Gasteiger partial charge >= 0.3 is 11.9 Å². The highest BCUT2D eigenvalue weighted by molar-refractivity contribution is 8.04. The van der Waals surface area contributed by atoms with E-state index in [2.05, 4.69) is 0 Å². The fourth-order valence-electron chi connectivity index (χ4n) is 2.00. The van der Waals surface area contributed by atoms with E-state index in [0.29, 0.717) is 13.1 Å². The number of thioether (sulfide) groups is 1. The molecule has 2 aliphatic heterocycles. The molecule has 4 nitrogen and oxygen atoms in total. The van der Waals surface area contributed by atoms with Crippen LogP contribution in [-0.4, -0.2) is 45.5 Å². The lowest BCUT2D eigenvalue weighted by molar-refractivity contribution is -0.433. The summed E-state index contributed by atoms with van der Waals surface area (Å²) in [4.78, 5) is 25.5. The molecule has 5 heteroatoms. The quantitative estimate of drug-likeness (QED) is 0.700. The maximum absolute atomic E-state index is 12.1. The average Bonchev–Trinajstić information content (AvgIpc) is 2.74. The van der Waals surface area contributed by atoms with Gasteiger partial charge in [0.15, 0.2) is 5.25 Å². The Hall–Kier alpha value is -1.10. The van der Waals surface area contributed by atoms with Gasteiger partial charge in [0.25, 0.3) is 0 Å².